The molecule has 0 saturated heterocycles. The first-order valence-electron chi connectivity index (χ1n) is 11.0. The average Bonchev–Trinajstić information content (AvgIpc) is 3.04. The second-order valence-electron chi connectivity index (χ2n) is 8.05. The second-order valence-corrected chi connectivity index (χ2v) is 8.87. The van der Waals surface area contributed by atoms with Crippen LogP contribution >= 0.6 is 23.2 Å². The van der Waals surface area contributed by atoms with Gasteiger partial charge in [0.1, 0.15) is 16.5 Å². The van der Waals surface area contributed by atoms with Crippen LogP contribution in [0.4, 0.5) is 11.4 Å². The van der Waals surface area contributed by atoms with Crippen molar-refractivity contribution in [3.05, 3.63) is 99.2 Å². The Balaban J connectivity index is 1.45. The topological polar surface area (TPSA) is 75.7 Å². The molecule has 35 heavy (non-hydrogen) atoms. The number of benzene rings is 3. The largest absolute Gasteiger partial charge is 0.423 e. The third kappa shape index (κ3) is 5.24. The zero-order chi connectivity index (χ0) is 25.1. The molecule has 3 aromatic rings. The molecule has 0 saturated carbocycles. The van der Waals surface area contributed by atoms with Crippen LogP contribution in [0.15, 0.2) is 77.5 Å². The zero-order valence-electron chi connectivity index (χ0n) is 19.1. The molecule has 178 valence electrons. The van der Waals surface area contributed by atoms with E-state index in [1.807, 2.05) is 12.1 Å². The molecule has 1 heterocycles. The second kappa shape index (κ2) is 10.3. The Labute approximate surface area is 213 Å². The maximum absolute atomic E-state index is 13.0. The summed E-state index contributed by atoms with van der Waals surface area (Å²) in [5.74, 6) is -1.26. The van der Waals surface area contributed by atoms with Crippen LogP contribution in [0.3, 0.4) is 0 Å². The minimum absolute atomic E-state index is 0.0477. The van der Waals surface area contributed by atoms with E-state index in [9.17, 15) is 14.4 Å². The van der Waals surface area contributed by atoms with Gasteiger partial charge < -0.3 is 10.1 Å². The Bertz CT molecular complexity index is 1330. The summed E-state index contributed by atoms with van der Waals surface area (Å²) < 4.78 is 5.43. The highest BCUT2D eigenvalue weighted by Gasteiger charge is 2.39. The van der Waals surface area contributed by atoms with E-state index in [4.69, 9.17) is 27.9 Å². The van der Waals surface area contributed by atoms with Crippen molar-refractivity contribution in [2.75, 3.05) is 10.2 Å². The Morgan fingerprint density at radius 2 is 1.63 bits per heavy atom. The van der Waals surface area contributed by atoms with Gasteiger partial charge in [0.2, 0.25) is 0 Å². The number of carbonyl (C=O) groups excluding carboxylic acids is 3. The minimum atomic E-state index is -0.630. The number of nitrogens with one attached hydrogen (secondary N) is 1. The van der Waals surface area contributed by atoms with Gasteiger partial charge in [-0.2, -0.15) is 0 Å². The van der Waals surface area contributed by atoms with Crippen LogP contribution in [0.2, 0.25) is 5.02 Å². The zero-order valence-corrected chi connectivity index (χ0v) is 20.6. The molecule has 8 heteroatoms. The molecule has 3 aromatic carbocycles. The van der Waals surface area contributed by atoms with Crippen molar-refractivity contribution in [2.45, 2.75) is 26.7 Å². The van der Waals surface area contributed by atoms with E-state index in [-0.39, 0.29) is 10.7 Å². The number of amides is 2. The number of nitrogens with zero attached hydrogens (tertiary/aromatic N) is 1. The van der Waals surface area contributed by atoms with Gasteiger partial charge in [0, 0.05) is 10.7 Å². The number of ether oxygens (including phenoxy) is 1. The molecule has 6 nitrogen and oxygen atoms in total. The van der Waals surface area contributed by atoms with Crippen molar-refractivity contribution in [2.24, 2.45) is 0 Å². The fraction of sp³-hybridized carbons (Fsp3) is 0.148. The van der Waals surface area contributed by atoms with E-state index in [0.29, 0.717) is 33.3 Å². The molecule has 0 aromatic heterocycles. The molecule has 1 N–H and O–H groups in total. The molecular formula is C27H22Cl2N2O4. The van der Waals surface area contributed by atoms with Gasteiger partial charge in [-0.3, -0.25) is 9.59 Å². The monoisotopic (exact) mass is 508 g/mol. The van der Waals surface area contributed by atoms with Crippen molar-refractivity contribution >= 4 is 52.4 Å². The van der Waals surface area contributed by atoms with Crippen molar-refractivity contribution in [3.63, 3.8) is 0 Å². The molecule has 0 radical (unpaired) electrons. The van der Waals surface area contributed by atoms with Crippen LogP contribution in [0.5, 0.6) is 5.75 Å². The number of anilines is 2. The summed E-state index contributed by atoms with van der Waals surface area (Å²) >= 11 is 12.2. The highest BCUT2D eigenvalue weighted by atomic mass is 35.5. The van der Waals surface area contributed by atoms with E-state index in [2.05, 4.69) is 12.2 Å². The average molecular weight is 509 g/mol. The molecule has 1 aliphatic heterocycles. The summed E-state index contributed by atoms with van der Waals surface area (Å²) in [4.78, 5) is 39.2. The number of hydrogen-bond donors (Lipinski definition) is 1. The molecule has 0 bridgehead atoms. The van der Waals surface area contributed by atoms with Gasteiger partial charge in [0.25, 0.3) is 11.8 Å². The smallest absolute Gasteiger partial charge is 0.343 e. The van der Waals surface area contributed by atoms with Gasteiger partial charge in [-0.25, -0.2) is 9.69 Å². The summed E-state index contributed by atoms with van der Waals surface area (Å²) in [6, 6.07) is 18.6. The van der Waals surface area contributed by atoms with E-state index in [0.717, 1.165) is 17.7 Å². The number of carbonyl (C=O) groups is 3. The van der Waals surface area contributed by atoms with Gasteiger partial charge in [0.05, 0.1) is 11.3 Å². The van der Waals surface area contributed by atoms with Crippen molar-refractivity contribution in [3.8, 4) is 5.75 Å². The minimum Gasteiger partial charge on any atom is -0.423 e. The number of imide groups is 1. The van der Waals surface area contributed by atoms with E-state index in [1.165, 1.54) is 5.56 Å². The summed E-state index contributed by atoms with van der Waals surface area (Å²) in [5.41, 5.74) is 3.01. The predicted octanol–water partition coefficient (Wildman–Crippen LogP) is 6.26. The summed E-state index contributed by atoms with van der Waals surface area (Å²) in [6.45, 7) is 3.85. The summed E-state index contributed by atoms with van der Waals surface area (Å²) in [5, 5.41) is 3.17. The molecule has 1 aliphatic rings. The molecular weight excluding hydrogens is 487 g/mol. The molecule has 0 atom stereocenters. The summed E-state index contributed by atoms with van der Waals surface area (Å²) in [7, 11) is 0. The van der Waals surface area contributed by atoms with Gasteiger partial charge in [0.15, 0.2) is 0 Å². The first-order valence-corrected chi connectivity index (χ1v) is 11.8. The molecule has 0 fully saturated rings. The lowest BCUT2D eigenvalue weighted by molar-refractivity contribution is -0.120. The fourth-order valence-corrected chi connectivity index (χ4v) is 4.15. The van der Waals surface area contributed by atoms with E-state index >= 15 is 0 Å². The first-order chi connectivity index (χ1) is 16.8. The molecule has 0 unspecified atom stereocenters. The third-order valence-electron chi connectivity index (χ3n) is 5.49. The van der Waals surface area contributed by atoms with Crippen LogP contribution in [0.25, 0.3) is 0 Å². The number of esters is 1. The van der Waals surface area contributed by atoms with Gasteiger partial charge in [-0.1, -0.05) is 48.7 Å². The van der Waals surface area contributed by atoms with Crippen LogP contribution in [0, 0.1) is 6.92 Å². The van der Waals surface area contributed by atoms with Gasteiger partial charge in [-0.15, -0.1) is 0 Å². The fourth-order valence-electron chi connectivity index (χ4n) is 3.71. The summed E-state index contributed by atoms with van der Waals surface area (Å²) in [6.07, 6.45) is 2.01. The lowest BCUT2D eigenvalue weighted by atomic mass is 10.1. The van der Waals surface area contributed by atoms with Crippen LogP contribution in [0.1, 0.15) is 34.8 Å². The van der Waals surface area contributed by atoms with Crippen LogP contribution in [-0.2, 0) is 16.0 Å². The standard InChI is InChI=1S/C27H22Cl2N2O4/c1-3-4-17-5-12-21(13-6-17)35-27(34)18-7-10-20(11-8-18)30-24-23(29)25(32)31(26(24)33)22-14-9-19(28)15-16(22)2/h5-15,30H,3-4H2,1-2H3. The van der Waals surface area contributed by atoms with E-state index in [1.54, 1.807) is 61.5 Å². The van der Waals surface area contributed by atoms with Gasteiger partial charge >= 0.3 is 5.97 Å². The third-order valence-corrected chi connectivity index (χ3v) is 6.08. The van der Waals surface area contributed by atoms with Gasteiger partial charge in [-0.05, 0) is 79.1 Å². The number of hydrogen-bond acceptors (Lipinski definition) is 5. The number of aryl methyl sites for hydroxylation is 2. The molecule has 2 amide bonds. The lowest BCUT2D eigenvalue weighted by Crippen LogP contribution is -2.32. The number of rotatable bonds is 7. The Morgan fingerprint density at radius 3 is 2.26 bits per heavy atom. The van der Waals surface area contributed by atoms with Crippen LogP contribution in [-0.4, -0.2) is 17.8 Å². The molecule has 0 aliphatic carbocycles. The highest BCUT2D eigenvalue weighted by Crippen LogP contribution is 2.33. The van der Waals surface area contributed by atoms with E-state index < -0.39 is 17.8 Å². The Hall–Kier alpha value is -3.61. The SMILES string of the molecule is CCCc1ccc(OC(=O)c2ccc(NC3=C(Cl)C(=O)N(c4ccc(Cl)cc4C)C3=O)cc2)cc1. The lowest BCUT2D eigenvalue weighted by Gasteiger charge is -2.17. The molecule has 4 rings (SSSR count). The highest BCUT2D eigenvalue weighted by molar-refractivity contribution is 6.53. The molecule has 0 spiro atoms. The van der Waals surface area contributed by atoms with Crippen molar-refractivity contribution in [1.29, 1.82) is 0 Å². The Kier molecular flexibility index (Phi) is 7.24. The Morgan fingerprint density at radius 1 is 0.943 bits per heavy atom. The normalized spacial score (nSPS) is 13.4. The van der Waals surface area contributed by atoms with Crippen molar-refractivity contribution < 1.29 is 19.1 Å². The van der Waals surface area contributed by atoms with Crippen molar-refractivity contribution in [1.82, 2.24) is 0 Å². The predicted molar refractivity (Wildman–Crippen MR) is 137 cm³/mol. The maximum atomic E-state index is 13.0. The quantitative estimate of drug-likeness (QED) is 0.231. The number of halogens is 2. The van der Waals surface area contributed by atoms with Crippen LogP contribution < -0.4 is 15.0 Å². The maximum Gasteiger partial charge on any atom is 0.343 e. The first kappa shape index (κ1) is 24.5.